The van der Waals surface area contributed by atoms with E-state index < -0.39 is 11.6 Å². The Morgan fingerprint density at radius 2 is 1.59 bits per heavy atom. The van der Waals surface area contributed by atoms with Gasteiger partial charge in [-0.05, 0) is 99.7 Å². The SMILES string of the molecule is O=C(Oc1ccc(C2CCC[C@]3(C2)OOC2(O3)C3CC4CC(C3)CC2C4)cc1)N1CCCCC1. The molecule has 2 saturated heterocycles. The van der Waals surface area contributed by atoms with E-state index in [1.807, 2.05) is 17.0 Å². The molecule has 5 saturated carbocycles. The average Bonchev–Trinajstić information content (AvgIpc) is 3.22. The molecule has 2 heterocycles. The van der Waals surface area contributed by atoms with Crippen molar-refractivity contribution in [2.45, 2.75) is 94.5 Å². The standard InChI is InChI=1S/C28H37NO5/c30-26(29-11-2-1-3-12-29)31-25-8-6-21(7-9-25)22-5-4-10-27(18-22)32-28(34-33-27)23-14-19-13-20(16-23)17-24(28)15-19/h6-9,19-20,22-24H,1-5,10-18H2/t19?,20?,22?,23?,24?,27-,28?/m1/s1. The fourth-order valence-electron chi connectivity index (χ4n) is 8.31. The molecule has 2 atom stereocenters. The molecule has 0 radical (unpaired) electrons. The highest BCUT2D eigenvalue weighted by molar-refractivity contribution is 5.70. The van der Waals surface area contributed by atoms with Crippen LogP contribution in [0.1, 0.15) is 88.5 Å². The van der Waals surface area contributed by atoms with Crippen molar-refractivity contribution in [3.8, 4) is 5.75 Å². The van der Waals surface area contributed by atoms with Crippen LogP contribution in [0, 0.1) is 23.7 Å². The molecule has 34 heavy (non-hydrogen) atoms. The average molecular weight is 468 g/mol. The number of ether oxygens (including phenoxy) is 2. The number of carbonyl (C=O) groups excluding carboxylic acids is 1. The summed E-state index contributed by atoms with van der Waals surface area (Å²) in [6, 6.07) is 8.09. The molecule has 6 heteroatoms. The summed E-state index contributed by atoms with van der Waals surface area (Å²) < 4.78 is 12.6. The minimum absolute atomic E-state index is 0.227. The van der Waals surface area contributed by atoms with Crippen LogP contribution in [0.5, 0.6) is 5.75 Å². The molecule has 5 aliphatic carbocycles. The molecule has 1 amide bonds. The van der Waals surface area contributed by atoms with E-state index in [0.717, 1.165) is 63.5 Å². The van der Waals surface area contributed by atoms with E-state index >= 15 is 0 Å². The number of hydrogen-bond donors (Lipinski definition) is 0. The Labute approximate surface area is 202 Å². The maximum Gasteiger partial charge on any atom is 0.415 e. The monoisotopic (exact) mass is 467 g/mol. The number of nitrogens with zero attached hydrogens (tertiary/aromatic N) is 1. The van der Waals surface area contributed by atoms with Crippen molar-refractivity contribution in [2.75, 3.05) is 13.1 Å². The number of amides is 1. The van der Waals surface area contributed by atoms with Gasteiger partial charge in [-0.1, -0.05) is 12.1 Å². The summed E-state index contributed by atoms with van der Waals surface area (Å²) >= 11 is 0. The minimum atomic E-state index is -0.613. The first-order chi connectivity index (χ1) is 16.6. The first-order valence-corrected chi connectivity index (χ1v) is 13.7. The minimum Gasteiger partial charge on any atom is -0.410 e. The third-order valence-corrected chi connectivity index (χ3v) is 9.78. The maximum absolute atomic E-state index is 12.4. The molecule has 184 valence electrons. The molecule has 1 aromatic rings. The number of benzene rings is 1. The summed E-state index contributed by atoms with van der Waals surface area (Å²) in [6.07, 6.45) is 13.4. The summed E-state index contributed by atoms with van der Waals surface area (Å²) in [6.45, 7) is 1.60. The summed E-state index contributed by atoms with van der Waals surface area (Å²) in [5.41, 5.74) is 1.26. The van der Waals surface area contributed by atoms with Gasteiger partial charge in [0, 0.05) is 37.8 Å². The fourth-order valence-corrected chi connectivity index (χ4v) is 8.31. The van der Waals surface area contributed by atoms with E-state index in [0.29, 0.717) is 23.5 Å². The second kappa shape index (κ2) is 8.21. The lowest BCUT2D eigenvalue weighted by Crippen LogP contribution is -2.59. The zero-order chi connectivity index (χ0) is 22.8. The molecule has 0 N–H and O–H groups in total. The van der Waals surface area contributed by atoms with Crippen molar-refractivity contribution in [1.29, 1.82) is 0 Å². The number of carbonyl (C=O) groups is 1. The molecule has 6 nitrogen and oxygen atoms in total. The number of likely N-dealkylation sites (tertiary alicyclic amines) is 1. The molecule has 2 aliphatic heterocycles. The van der Waals surface area contributed by atoms with Crippen molar-refractivity contribution < 1.29 is 24.0 Å². The molecule has 1 aromatic carbocycles. The maximum atomic E-state index is 12.4. The highest BCUT2D eigenvalue weighted by atomic mass is 17.3. The molecule has 2 spiro atoms. The number of piperidine rings is 1. The largest absolute Gasteiger partial charge is 0.415 e. The Balaban J connectivity index is 1.02. The van der Waals surface area contributed by atoms with Crippen LogP contribution < -0.4 is 4.74 Å². The van der Waals surface area contributed by atoms with Crippen LogP contribution in [0.3, 0.4) is 0 Å². The quantitative estimate of drug-likeness (QED) is 0.488. The van der Waals surface area contributed by atoms with E-state index in [4.69, 9.17) is 19.2 Å². The third-order valence-electron chi connectivity index (χ3n) is 9.78. The summed E-state index contributed by atoms with van der Waals surface area (Å²) in [5.74, 6) is 2.61. The number of rotatable bonds is 2. The van der Waals surface area contributed by atoms with E-state index in [-0.39, 0.29) is 6.09 Å². The summed E-state index contributed by atoms with van der Waals surface area (Å²) in [4.78, 5) is 26.6. The molecule has 4 bridgehead atoms. The van der Waals surface area contributed by atoms with E-state index in [1.54, 1.807) is 0 Å². The highest BCUT2D eigenvalue weighted by Crippen LogP contribution is 2.64. The van der Waals surface area contributed by atoms with Crippen LogP contribution in [0.2, 0.25) is 0 Å². The lowest BCUT2D eigenvalue weighted by molar-refractivity contribution is -0.390. The third kappa shape index (κ3) is 3.59. The van der Waals surface area contributed by atoms with Gasteiger partial charge in [0.2, 0.25) is 11.6 Å². The van der Waals surface area contributed by atoms with Gasteiger partial charge in [0.1, 0.15) is 5.75 Å². The van der Waals surface area contributed by atoms with Crippen molar-refractivity contribution in [3.63, 3.8) is 0 Å². The molecule has 7 aliphatic rings. The smallest absolute Gasteiger partial charge is 0.410 e. The van der Waals surface area contributed by atoms with Gasteiger partial charge in [-0.2, -0.15) is 9.78 Å². The second-order valence-electron chi connectivity index (χ2n) is 12.0. The Kier molecular flexibility index (Phi) is 5.22. The molecule has 8 rings (SSSR count). The summed E-state index contributed by atoms with van der Waals surface area (Å²) in [7, 11) is 0. The Morgan fingerprint density at radius 1 is 0.882 bits per heavy atom. The van der Waals surface area contributed by atoms with Gasteiger partial charge < -0.3 is 14.4 Å². The Morgan fingerprint density at radius 3 is 2.29 bits per heavy atom. The molecular weight excluding hydrogens is 430 g/mol. The van der Waals surface area contributed by atoms with Gasteiger partial charge in [0.15, 0.2) is 0 Å². The second-order valence-corrected chi connectivity index (χ2v) is 12.0. The summed E-state index contributed by atoms with van der Waals surface area (Å²) in [5, 5.41) is 0. The predicted molar refractivity (Wildman–Crippen MR) is 125 cm³/mol. The van der Waals surface area contributed by atoms with E-state index in [9.17, 15) is 4.79 Å². The zero-order valence-corrected chi connectivity index (χ0v) is 20.1. The topological polar surface area (TPSA) is 57.2 Å². The van der Waals surface area contributed by atoms with Crippen molar-refractivity contribution >= 4 is 6.09 Å². The van der Waals surface area contributed by atoms with Crippen LogP contribution in [0.4, 0.5) is 4.79 Å². The van der Waals surface area contributed by atoms with Gasteiger partial charge in [0.25, 0.3) is 0 Å². The normalized spacial score (nSPS) is 43.1. The highest BCUT2D eigenvalue weighted by Gasteiger charge is 2.67. The molecule has 0 aromatic heterocycles. The van der Waals surface area contributed by atoms with Gasteiger partial charge in [-0.3, -0.25) is 0 Å². The van der Waals surface area contributed by atoms with E-state index in [2.05, 4.69) is 12.1 Å². The van der Waals surface area contributed by atoms with Gasteiger partial charge in [-0.25, -0.2) is 4.79 Å². The van der Waals surface area contributed by atoms with Crippen molar-refractivity contribution in [2.24, 2.45) is 23.7 Å². The van der Waals surface area contributed by atoms with Gasteiger partial charge >= 0.3 is 6.09 Å². The lowest BCUT2D eigenvalue weighted by Gasteiger charge is -2.57. The Hall–Kier alpha value is -1.63. The fraction of sp³-hybridized carbons (Fsp3) is 0.750. The molecule has 1 unspecified atom stereocenters. The first kappa shape index (κ1) is 21.6. The van der Waals surface area contributed by atoms with Crippen molar-refractivity contribution in [3.05, 3.63) is 29.8 Å². The Bertz CT molecular complexity index is 897. The first-order valence-electron chi connectivity index (χ1n) is 13.7. The zero-order valence-electron chi connectivity index (χ0n) is 20.1. The van der Waals surface area contributed by atoms with Gasteiger partial charge in [0.05, 0.1) is 0 Å². The number of hydrogen-bond acceptors (Lipinski definition) is 5. The van der Waals surface area contributed by atoms with Crippen LogP contribution >= 0.6 is 0 Å². The van der Waals surface area contributed by atoms with Crippen LogP contribution in [-0.4, -0.2) is 35.7 Å². The molecular formula is C28H37NO5. The molecule has 7 fully saturated rings. The van der Waals surface area contributed by atoms with Crippen LogP contribution in [0.25, 0.3) is 0 Å². The lowest BCUT2D eigenvalue weighted by atomic mass is 9.53. The van der Waals surface area contributed by atoms with E-state index in [1.165, 1.54) is 44.1 Å². The van der Waals surface area contributed by atoms with Crippen molar-refractivity contribution in [1.82, 2.24) is 4.90 Å². The predicted octanol–water partition coefficient (Wildman–Crippen LogP) is 6.16. The van der Waals surface area contributed by atoms with Crippen LogP contribution in [-0.2, 0) is 14.5 Å². The van der Waals surface area contributed by atoms with Crippen LogP contribution in [0.15, 0.2) is 24.3 Å². The van der Waals surface area contributed by atoms with Gasteiger partial charge in [-0.15, -0.1) is 0 Å².